The lowest BCUT2D eigenvalue weighted by atomic mass is 10.1. The van der Waals surface area contributed by atoms with Crippen molar-refractivity contribution in [2.24, 2.45) is 0 Å². The maximum atomic E-state index is 9.75. The fraction of sp³-hybridized carbons (Fsp3) is 0.357. The third-order valence-corrected chi connectivity index (χ3v) is 3.57. The van der Waals surface area contributed by atoms with Crippen LogP contribution in [0.15, 0.2) is 28.7 Å². The van der Waals surface area contributed by atoms with E-state index in [1.807, 2.05) is 30.7 Å². The fourth-order valence-electron chi connectivity index (χ4n) is 2.28. The van der Waals surface area contributed by atoms with E-state index in [1.165, 1.54) is 5.56 Å². The Balaban J connectivity index is 2.33. The smallest absolute Gasteiger partial charge is 0.0797 e. The first-order valence-electron chi connectivity index (χ1n) is 5.95. The normalized spacial score (nSPS) is 12.7. The minimum Gasteiger partial charge on any atom is -0.389 e. The molecule has 0 fully saturated rings. The standard InChI is InChI=1S/C14H17BrN2O/c1-9-14(11(3)18)10(2)17(16-9)8-12-5-4-6-13(15)7-12/h4-7,11,18H,8H2,1-3H3. The Bertz CT molecular complexity index is 561. The molecule has 2 aromatic rings. The van der Waals surface area contributed by atoms with E-state index in [1.54, 1.807) is 6.92 Å². The lowest BCUT2D eigenvalue weighted by molar-refractivity contribution is 0.197. The van der Waals surface area contributed by atoms with E-state index in [4.69, 9.17) is 0 Å². The highest BCUT2D eigenvalue weighted by atomic mass is 79.9. The number of hydrogen-bond acceptors (Lipinski definition) is 2. The number of aryl methyl sites for hydroxylation is 1. The van der Waals surface area contributed by atoms with Gasteiger partial charge in [-0.25, -0.2) is 0 Å². The number of aromatic nitrogens is 2. The zero-order valence-electron chi connectivity index (χ0n) is 10.8. The molecule has 0 bridgehead atoms. The van der Waals surface area contributed by atoms with Gasteiger partial charge in [-0.15, -0.1) is 0 Å². The van der Waals surface area contributed by atoms with Crippen molar-refractivity contribution in [2.45, 2.75) is 33.4 Å². The van der Waals surface area contributed by atoms with Crippen molar-refractivity contribution < 1.29 is 5.11 Å². The van der Waals surface area contributed by atoms with Gasteiger partial charge in [0.1, 0.15) is 0 Å². The topological polar surface area (TPSA) is 38.0 Å². The number of aliphatic hydroxyl groups is 1. The molecule has 1 unspecified atom stereocenters. The number of benzene rings is 1. The van der Waals surface area contributed by atoms with Crippen molar-refractivity contribution >= 4 is 15.9 Å². The van der Waals surface area contributed by atoms with Gasteiger partial charge in [0.15, 0.2) is 0 Å². The minimum atomic E-state index is -0.471. The summed E-state index contributed by atoms with van der Waals surface area (Å²) in [5, 5.41) is 14.2. The Hall–Kier alpha value is -1.13. The second-order valence-corrected chi connectivity index (χ2v) is 5.46. The van der Waals surface area contributed by atoms with Crippen molar-refractivity contribution in [1.82, 2.24) is 9.78 Å². The largest absolute Gasteiger partial charge is 0.389 e. The summed E-state index contributed by atoms with van der Waals surface area (Å²) in [5.74, 6) is 0. The summed E-state index contributed by atoms with van der Waals surface area (Å²) in [5.41, 5.74) is 4.05. The third-order valence-electron chi connectivity index (χ3n) is 3.08. The Labute approximate surface area is 116 Å². The highest BCUT2D eigenvalue weighted by molar-refractivity contribution is 9.10. The quantitative estimate of drug-likeness (QED) is 0.944. The van der Waals surface area contributed by atoms with Crippen LogP contribution in [0.4, 0.5) is 0 Å². The Morgan fingerprint density at radius 2 is 2.11 bits per heavy atom. The van der Waals surface area contributed by atoms with Gasteiger partial charge in [-0.2, -0.15) is 5.10 Å². The summed E-state index contributed by atoms with van der Waals surface area (Å²) in [6.07, 6.45) is -0.471. The summed E-state index contributed by atoms with van der Waals surface area (Å²) in [6.45, 7) is 6.44. The monoisotopic (exact) mass is 308 g/mol. The fourth-order valence-corrected chi connectivity index (χ4v) is 2.72. The van der Waals surface area contributed by atoms with Crippen LogP contribution < -0.4 is 0 Å². The van der Waals surface area contributed by atoms with E-state index in [9.17, 15) is 5.11 Å². The van der Waals surface area contributed by atoms with Crippen LogP contribution in [0.1, 0.15) is 35.5 Å². The molecule has 0 aliphatic heterocycles. The second kappa shape index (κ2) is 5.24. The summed E-state index contributed by atoms with van der Waals surface area (Å²) < 4.78 is 3.01. The van der Waals surface area contributed by atoms with Gasteiger partial charge in [0.05, 0.1) is 18.3 Å². The van der Waals surface area contributed by atoms with Crippen LogP contribution in [-0.4, -0.2) is 14.9 Å². The first-order chi connectivity index (χ1) is 8.49. The van der Waals surface area contributed by atoms with Crippen molar-refractivity contribution in [1.29, 1.82) is 0 Å². The summed E-state index contributed by atoms with van der Waals surface area (Å²) in [6, 6.07) is 8.17. The molecule has 1 atom stereocenters. The average molecular weight is 309 g/mol. The molecule has 0 radical (unpaired) electrons. The lowest BCUT2D eigenvalue weighted by Crippen LogP contribution is -2.04. The lowest BCUT2D eigenvalue weighted by Gasteiger charge is -2.07. The van der Waals surface area contributed by atoms with Crippen molar-refractivity contribution in [2.75, 3.05) is 0 Å². The van der Waals surface area contributed by atoms with Crippen molar-refractivity contribution in [3.63, 3.8) is 0 Å². The van der Waals surface area contributed by atoms with E-state index >= 15 is 0 Å². The van der Waals surface area contributed by atoms with Crippen LogP contribution in [0, 0.1) is 13.8 Å². The Morgan fingerprint density at radius 1 is 1.39 bits per heavy atom. The molecular formula is C14H17BrN2O. The minimum absolute atomic E-state index is 0.471. The van der Waals surface area contributed by atoms with Crippen molar-refractivity contribution in [3.05, 3.63) is 51.3 Å². The molecule has 18 heavy (non-hydrogen) atoms. The van der Waals surface area contributed by atoms with Gasteiger partial charge < -0.3 is 5.11 Å². The summed E-state index contributed by atoms with van der Waals surface area (Å²) >= 11 is 3.47. The van der Waals surface area contributed by atoms with Gasteiger partial charge in [0, 0.05) is 15.7 Å². The molecule has 2 rings (SSSR count). The molecule has 96 valence electrons. The van der Waals surface area contributed by atoms with E-state index in [-0.39, 0.29) is 0 Å². The van der Waals surface area contributed by atoms with Gasteiger partial charge in [-0.1, -0.05) is 28.1 Å². The zero-order chi connectivity index (χ0) is 13.3. The molecule has 0 aliphatic rings. The van der Waals surface area contributed by atoms with Crippen LogP contribution >= 0.6 is 15.9 Å². The molecule has 3 nitrogen and oxygen atoms in total. The third kappa shape index (κ3) is 2.65. The maximum absolute atomic E-state index is 9.75. The molecule has 0 spiro atoms. The molecule has 0 aliphatic carbocycles. The van der Waals surface area contributed by atoms with Crippen LogP contribution in [0.2, 0.25) is 0 Å². The molecule has 1 aromatic heterocycles. The van der Waals surface area contributed by atoms with Gasteiger partial charge >= 0.3 is 0 Å². The number of hydrogen-bond donors (Lipinski definition) is 1. The van der Waals surface area contributed by atoms with E-state index in [0.717, 1.165) is 28.0 Å². The molecule has 4 heteroatoms. The maximum Gasteiger partial charge on any atom is 0.0797 e. The number of aliphatic hydroxyl groups excluding tert-OH is 1. The van der Waals surface area contributed by atoms with E-state index < -0.39 is 6.10 Å². The SMILES string of the molecule is Cc1nn(Cc2cccc(Br)c2)c(C)c1C(C)O. The predicted molar refractivity (Wildman–Crippen MR) is 75.6 cm³/mol. The van der Waals surface area contributed by atoms with Gasteiger partial charge in [0.25, 0.3) is 0 Å². The molecular weight excluding hydrogens is 292 g/mol. The highest BCUT2D eigenvalue weighted by Gasteiger charge is 2.15. The Morgan fingerprint density at radius 3 is 2.67 bits per heavy atom. The Kier molecular flexibility index (Phi) is 3.88. The van der Waals surface area contributed by atoms with Gasteiger partial charge in [-0.3, -0.25) is 4.68 Å². The first-order valence-corrected chi connectivity index (χ1v) is 6.74. The highest BCUT2D eigenvalue weighted by Crippen LogP contribution is 2.22. The number of rotatable bonds is 3. The molecule has 1 heterocycles. The van der Waals surface area contributed by atoms with Crippen LogP contribution in [0.3, 0.4) is 0 Å². The van der Waals surface area contributed by atoms with Gasteiger partial charge in [0.2, 0.25) is 0 Å². The molecule has 0 saturated carbocycles. The summed E-state index contributed by atoms with van der Waals surface area (Å²) in [7, 11) is 0. The van der Waals surface area contributed by atoms with Crippen LogP contribution in [0.25, 0.3) is 0 Å². The predicted octanol–water partition coefficient (Wildman–Crippen LogP) is 3.36. The molecule has 0 amide bonds. The number of nitrogens with zero attached hydrogens (tertiary/aromatic N) is 2. The number of halogens is 1. The first kappa shape index (κ1) is 13.3. The second-order valence-electron chi connectivity index (χ2n) is 4.55. The molecule has 1 aromatic carbocycles. The summed E-state index contributed by atoms with van der Waals surface area (Å²) in [4.78, 5) is 0. The van der Waals surface area contributed by atoms with Crippen molar-refractivity contribution in [3.8, 4) is 0 Å². The van der Waals surface area contributed by atoms with Crippen LogP contribution in [-0.2, 0) is 6.54 Å². The molecule has 1 N–H and O–H groups in total. The van der Waals surface area contributed by atoms with Crippen LogP contribution in [0.5, 0.6) is 0 Å². The van der Waals surface area contributed by atoms with E-state index in [0.29, 0.717) is 0 Å². The van der Waals surface area contributed by atoms with Gasteiger partial charge in [-0.05, 0) is 38.5 Å². The zero-order valence-corrected chi connectivity index (χ0v) is 12.4. The average Bonchev–Trinajstić information content (AvgIpc) is 2.54. The van der Waals surface area contributed by atoms with E-state index in [2.05, 4.69) is 33.2 Å². The molecule has 0 saturated heterocycles.